The molecule has 1 unspecified atom stereocenters. The molecule has 4 nitrogen and oxygen atoms in total. The van der Waals surface area contributed by atoms with Crippen LogP contribution in [0.1, 0.15) is 25.7 Å². The van der Waals surface area contributed by atoms with Crippen molar-refractivity contribution in [2.45, 2.75) is 37.8 Å². The van der Waals surface area contributed by atoms with Gasteiger partial charge in [0.25, 0.3) is 0 Å². The summed E-state index contributed by atoms with van der Waals surface area (Å²) in [4.78, 5) is 11.8. The molecule has 2 aliphatic carbocycles. The highest BCUT2D eigenvalue weighted by Gasteiger charge is 2.35. The van der Waals surface area contributed by atoms with Crippen LogP contribution in [0.2, 0.25) is 0 Å². The topological polar surface area (TPSA) is 67.1 Å². The van der Waals surface area contributed by atoms with Crippen molar-refractivity contribution in [3.05, 3.63) is 0 Å². The zero-order valence-electron chi connectivity index (χ0n) is 7.95. The quantitative estimate of drug-likeness (QED) is 0.596. The lowest BCUT2D eigenvalue weighted by Crippen LogP contribution is -2.49. The first-order valence-corrected chi connectivity index (χ1v) is 5.44. The van der Waals surface area contributed by atoms with Crippen LogP contribution in [0, 0.1) is 5.92 Å². The van der Waals surface area contributed by atoms with E-state index in [0.29, 0.717) is 16.9 Å². The molecule has 0 aromatic rings. The average Bonchev–Trinajstić information content (AvgIpc) is 2.93. The molecule has 0 aliphatic heterocycles. The second kappa shape index (κ2) is 3.73. The van der Waals surface area contributed by atoms with Gasteiger partial charge in [-0.15, -0.1) is 0 Å². The fourth-order valence-corrected chi connectivity index (χ4v) is 1.70. The molecular weight excluding hydrogens is 198 g/mol. The maximum atomic E-state index is 11.4. The lowest BCUT2D eigenvalue weighted by molar-refractivity contribution is 0.238. The van der Waals surface area contributed by atoms with E-state index in [1.165, 1.54) is 0 Å². The molecule has 14 heavy (non-hydrogen) atoms. The number of carbonyl (C=O) groups is 1. The highest BCUT2D eigenvalue weighted by atomic mass is 32.1. The van der Waals surface area contributed by atoms with Crippen LogP contribution < -0.4 is 16.4 Å². The lowest BCUT2D eigenvalue weighted by atomic mass is 10.2. The molecule has 4 N–H and O–H groups in total. The Labute approximate surface area is 88.6 Å². The first kappa shape index (κ1) is 9.71. The fraction of sp³-hybridized carbons (Fsp3) is 0.778. The molecule has 0 aromatic heterocycles. The Kier molecular flexibility index (Phi) is 2.58. The molecule has 2 aliphatic rings. The molecule has 0 heterocycles. The molecule has 2 amide bonds. The van der Waals surface area contributed by atoms with Gasteiger partial charge in [-0.25, -0.2) is 4.79 Å². The third-order valence-corrected chi connectivity index (χ3v) is 2.85. The smallest absolute Gasteiger partial charge is 0.315 e. The van der Waals surface area contributed by atoms with E-state index < -0.39 is 0 Å². The van der Waals surface area contributed by atoms with Gasteiger partial charge in [-0.05, 0) is 31.6 Å². The Balaban J connectivity index is 1.79. The van der Waals surface area contributed by atoms with Gasteiger partial charge in [0, 0.05) is 6.04 Å². The largest absolute Gasteiger partial charge is 0.392 e. The van der Waals surface area contributed by atoms with Gasteiger partial charge in [0.15, 0.2) is 0 Å². The third kappa shape index (κ3) is 2.57. The number of hydrogen-bond acceptors (Lipinski definition) is 2. The maximum absolute atomic E-state index is 11.4. The molecule has 5 heteroatoms. The molecule has 0 saturated heterocycles. The van der Waals surface area contributed by atoms with Crippen molar-refractivity contribution in [3.8, 4) is 0 Å². The summed E-state index contributed by atoms with van der Waals surface area (Å²) in [6, 6.07) is 0.141. The van der Waals surface area contributed by atoms with Crippen LogP contribution in [-0.2, 0) is 0 Å². The van der Waals surface area contributed by atoms with Gasteiger partial charge in [0.2, 0.25) is 0 Å². The van der Waals surface area contributed by atoms with Gasteiger partial charge in [0.1, 0.15) is 0 Å². The molecule has 2 rings (SSSR count). The van der Waals surface area contributed by atoms with E-state index in [0.717, 1.165) is 25.7 Å². The van der Waals surface area contributed by atoms with Crippen molar-refractivity contribution in [2.24, 2.45) is 11.7 Å². The van der Waals surface area contributed by atoms with Crippen LogP contribution in [0.3, 0.4) is 0 Å². The van der Waals surface area contributed by atoms with E-state index in [4.69, 9.17) is 18.0 Å². The number of nitrogens with one attached hydrogen (secondary N) is 2. The Morgan fingerprint density at radius 1 is 1.36 bits per heavy atom. The van der Waals surface area contributed by atoms with Crippen LogP contribution in [-0.4, -0.2) is 23.1 Å². The molecule has 0 radical (unpaired) electrons. The number of thiocarbonyl (C=S) groups is 1. The van der Waals surface area contributed by atoms with Gasteiger partial charge < -0.3 is 16.4 Å². The summed E-state index contributed by atoms with van der Waals surface area (Å²) in [5.74, 6) is 0.470. The standard InChI is InChI=1S/C9H15N3OS/c10-8(14)7(5-1-2-5)12-9(13)11-6-3-4-6/h5-7H,1-4H2,(H2,10,14)(H2,11,12,13). The Hall–Kier alpha value is -0.840. The molecule has 0 spiro atoms. The minimum Gasteiger partial charge on any atom is -0.392 e. The predicted octanol–water partition coefficient (Wildman–Crippen LogP) is 0.513. The second-order valence-corrected chi connectivity index (χ2v) is 4.58. The second-order valence-electron chi connectivity index (χ2n) is 4.11. The summed E-state index contributed by atoms with van der Waals surface area (Å²) in [5.41, 5.74) is 5.56. The SMILES string of the molecule is NC(=S)C(NC(=O)NC1CC1)C1CC1. The molecule has 2 fully saturated rings. The first-order valence-electron chi connectivity index (χ1n) is 5.03. The van der Waals surface area contributed by atoms with Crippen molar-refractivity contribution in [1.29, 1.82) is 0 Å². The predicted molar refractivity (Wildman–Crippen MR) is 58.0 cm³/mol. The van der Waals surface area contributed by atoms with E-state index >= 15 is 0 Å². The number of carbonyl (C=O) groups excluding carboxylic acids is 1. The Morgan fingerprint density at radius 2 is 2.00 bits per heavy atom. The zero-order valence-corrected chi connectivity index (χ0v) is 8.77. The summed E-state index contributed by atoms with van der Waals surface area (Å²) in [6.07, 6.45) is 4.42. The van der Waals surface area contributed by atoms with Crippen molar-refractivity contribution in [3.63, 3.8) is 0 Å². The van der Waals surface area contributed by atoms with E-state index in [9.17, 15) is 4.79 Å². The Bertz CT molecular complexity index is 261. The number of rotatable bonds is 4. The number of nitrogens with two attached hydrogens (primary N) is 1. The molecule has 0 aromatic carbocycles. The van der Waals surface area contributed by atoms with Crippen LogP contribution in [0.15, 0.2) is 0 Å². The fourth-order valence-electron chi connectivity index (χ4n) is 1.45. The highest BCUT2D eigenvalue weighted by molar-refractivity contribution is 7.80. The molecule has 2 saturated carbocycles. The van der Waals surface area contributed by atoms with E-state index in [2.05, 4.69) is 10.6 Å². The summed E-state index contributed by atoms with van der Waals surface area (Å²) >= 11 is 4.92. The maximum Gasteiger partial charge on any atom is 0.315 e. The molecule has 0 bridgehead atoms. The molecule has 1 atom stereocenters. The van der Waals surface area contributed by atoms with Crippen molar-refractivity contribution >= 4 is 23.2 Å². The van der Waals surface area contributed by atoms with Crippen LogP contribution in [0.4, 0.5) is 4.79 Å². The first-order chi connectivity index (χ1) is 6.66. The summed E-state index contributed by atoms with van der Waals surface area (Å²) in [6.45, 7) is 0. The summed E-state index contributed by atoms with van der Waals surface area (Å²) in [5, 5.41) is 5.69. The van der Waals surface area contributed by atoms with Gasteiger partial charge in [-0.3, -0.25) is 0 Å². The highest BCUT2D eigenvalue weighted by Crippen LogP contribution is 2.32. The van der Waals surface area contributed by atoms with E-state index in [-0.39, 0.29) is 12.1 Å². The van der Waals surface area contributed by atoms with Gasteiger partial charge in [-0.1, -0.05) is 12.2 Å². The van der Waals surface area contributed by atoms with Crippen molar-refractivity contribution in [1.82, 2.24) is 10.6 Å². The summed E-state index contributed by atoms with van der Waals surface area (Å²) < 4.78 is 0. The third-order valence-electron chi connectivity index (χ3n) is 2.60. The Morgan fingerprint density at radius 3 is 2.43 bits per heavy atom. The van der Waals surface area contributed by atoms with Gasteiger partial charge >= 0.3 is 6.03 Å². The van der Waals surface area contributed by atoms with Crippen molar-refractivity contribution in [2.75, 3.05) is 0 Å². The average molecular weight is 213 g/mol. The van der Waals surface area contributed by atoms with Gasteiger partial charge in [0.05, 0.1) is 11.0 Å². The van der Waals surface area contributed by atoms with E-state index in [1.54, 1.807) is 0 Å². The monoisotopic (exact) mass is 213 g/mol. The minimum absolute atomic E-state index is 0.108. The lowest BCUT2D eigenvalue weighted by Gasteiger charge is -2.16. The van der Waals surface area contributed by atoms with Gasteiger partial charge in [-0.2, -0.15) is 0 Å². The normalized spacial score (nSPS) is 22.6. The molecular formula is C9H15N3OS. The summed E-state index contributed by atoms with van der Waals surface area (Å²) in [7, 11) is 0. The van der Waals surface area contributed by atoms with Crippen LogP contribution in [0.5, 0.6) is 0 Å². The van der Waals surface area contributed by atoms with Crippen molar-refractivity contribution < 1.29 is 4.79 Å². The van der Waals surface area contributed by atoms with E-state index in [1.807, 2.05) is 0 Å². The molecule has 78 valence electrons. The van der Waals surface area contributed by atoms with Crippen LogP contribution in [0.25, 0.3) is 0 Å². The number of amides is 2. The zero-order chi connectivity index (χ0) is 10.1. The number of hydrogen-bond donors (Lipinski definition) is 3. The minimum atomic E-state index is -0.128. The van der Waals surface area contributed by atoms with Crippen LogP contribution >= 0.6 is 12.2 Å². The number of urea groups is 1.